The number of carbonyl (C=O) groups excluding carboxylic acids is 1. The molecule has 0 bridgehead atoms. The largest absolute Gasteiger partial charge is 0.497 e. The van der Waals surface area contributed by atoms with Gasteiger partial charge in [0.2, 0.25) is 0 Å². The summed E-state index contributed by atoms with van der Waals surface area (Å²) in [7, 11) is 1.62. The van der Waals surface area contributed by atoms with Gasteiger partial charge in [-0.05, 0) is 43.9 Å². The number of methoxy groups -OCH3 is 1. The predicted octanol–water partition coefficient (Wildman–Crippen LogP) is 3.47. The minimum atomic E-state index is 0.129. The Kier molecular flexibility index (Phi) is 5.25. The van der Waals surface area contributed by atoms with Gasteiger partial charge in [-0.2, -0.15) is 0 Å². The van der Waals surface area contributed by atoms with E-state index in [-0.39, 0.29) is 5.91 Å². The first-order chi connectivity index (χ1) is 9.26. The van der Waals surface area contributed by atoms with Gasteiger partial charge in [0.25, 0.3) is 5.91 Å². The van der Waals surface area contributed by atoms with Gasteiger partial charge in [0, 0.05) is 23.5 Å². The van der Waals surface area contributed by atoms with Crippen LogP contribution in [0.4, 0.5) is 0 Å². The Balaban J connectivity index is 2.16. The molecule has 1 heterocycles. The van der Waals surface area contributed by atoms with Gasteiger partial charge in [-0.3, -0.25) is 4.79 Å². The van der Waals surface area contributed by atoms with Crippen LogP contribution < -0.4 is 4.74 Å². The zero-order valence-corrected chi connectivity index (χ0v) is 12.9. The van der Waals surface area contributed by atoms with Crippen molar-refractivity contribution < 1.29 is 9.53 Å². The number of piperidine rings is 1. The summed E-state index contributed by atoms with van der Waals surface area (Å²) in [5.41, 5.74) is 0.723. The molecule has 1 atom stereocenters. The summed E-state index contributed by atoms with van der Waals surface area (Å²) in [4.78, 5) is 14.6. The third kappa shape index (κ3) is 3.50. The minimum Gasteiger partial charge on any atom is -0.497 e. The molecule has 1 aliphatic rings. The zero-order valence-electron chi connectivity index (χ0n) is 11.3. The molecule has 19 heavy (non-hydrogen) atoms. The number of hydrogen-bond donors (Lipinski definition) is 0. The SMILES string of the molecule is COc1cccc(C(=O)N2CCCCC2CCBr)c1. The van der Waals surface area contributed by atoms with Crippen LogP contribution in [-0.2, 0) is 0 Å². The van der Waals surface area contributed by atoms with E-state index in [1.807, 2.05) is 29.2 Å². The van der Waals surface area contributed by atoms with Crippen molar-refractivity contribution in [1.29, 1.82) is 0 Å². The lowest BCUT2D eigenvalue weighted by Gasteiger charge is -2.35. The highest BCUT2D eigenvalue weighted by molar-refractivity contribution is 9.09. The van der Waals surface area contributed by atoms with E-state index in [0.29, 0.717) is 6.04 Å². The van der Waals surface area contributed by atoms with Crippen LogP contribution in [0.2, 0.25) is 0 Å². The lowest BCUT2D eigenvalue weighted by Crippen LogP contribution is -2.43. The predicted molar refractivity (Wildman–Crippen MR) is 80.1 cm³/mol. The van der Waals surface area contributed by atoms with Crippen molar-refractivity contribution in [2.75, 3.05) is 19.0 Å². The quantitative estimate of drug-likeness (QED) is 0.793. The van der Waals surface area contributed by atoms with Gasteiger partial charge in [0.15, 0.2) is 0 Å². The van der Waals surface area contributed by atoms with E-state index in [1.165, 1.54) is 6.42 Å². The molecule has 1 aromatic rings. The van der Waals surface area contributed by atoms with Crippen LogP contribution in [0.15, 0.2) is 24.3 Å². The van der Waals surface area contributed by atoms with Crippen LogP contribution in [0.3, 0.4) is 0 Å². The van der Waals surface area contributed by atoms with Crippen LogP contribution in [0.1, 0.15) is 36.0 Å². The average Bonchev–Trinajstić information content (AvgIpc) is 2.47. The van der Waals surface area contributed by atoms with Gasteiger partial charge in [-0.25, -0.2) is 0 Å². The third-order valence-corrected chi connectivity index (χ3v) is 4.10. The Morgan fingerprint density at radius 1 is 1.47 bits per heavy atom. The summed E-state index contributed by atoms with van der Waals surface area (Å²) in [6, 6.07) is 7.79. The minimum absolute atomic E-state index is 0.129. The first-order valence-electron chi connectivity index (χ1n) is 6.77. The van der Waals surface area contributed by atoms with Gasteiger partial charge in [0.05, 0.1) is 7.11 Å². The third-order valence-electron chi connectivity index (χ3n) is 3.65. The molecule has 0 radical (unpaired) electrons. The van der Waals surface area contributed by atoms with E-state index < -0.39 is 0 Å². The van der Waals surface area contributed by atoms with Gasteiger partial charge < -0.3 is 9.64 Å². The number of rotatable bonds is 4. The number of ether oxygens (including phenoxy) is 1. The zero-order chi connectivity index (χ0) is 13.7. The van der Waals surface area contributed by atoms with Crippen molar-refractivity contribution in [3.05, 3.63) is 29.8 Å². The van der Waals surface area contributed by atoms with Crippen LogP contribution in [0, 0.1) is 0 Å². The van der Waals surface area contributed by atoms with Crippen molar-refractivity contribution in [3.63, 3.8) is 0 Å². The highest BCUT2D eigenvalue weighted by atomic mass is 79.9. The van der Waals surface area contributed by atoms with E-state index in [0.717, 1.165) is 42.5 Å². The number of carbonyl (C=O) groups is 1. The smallest absolute Gasteiger partial charge is 0.254 e. The van der Waals surface area contributed by atoms with Crippen molar-refractivity contribution in [3.8, 4) is 5.75 Å². The van der Waals surface area contributed by atoms with E-state index in [1.54, 1.807) is 7.11 Å². The van der Waals surface area contributed by atoms with Gasteiger partial charge >= 0.3 is 0 Å². The molecule has 0 saturated carbocycles. The number of likely N-dealkylation sites (tertiary alicyclic amines) is 1. The van der Waals surface area contributed by atoms with Crippen molar-refractivity contribution in [2.45, 2.75) is 31.7 Å². The maximum absolute atomic E-state index is 12.6. The first kappa shape index (κ1) is 14.4. The standard InChI is InChI=1S/C15H20BrNO2/c1-19-14-7-4-5-12(11-14)15(18)17-10-3-2-6-13(17)8-9-16/h4-5,7,11,13H,2-3,6,8-10H2,1H3. The summed E-state index contributed by atoms with van der Waals surface area (Å²) in [6.07, 6.45) is 4.46. The Labute approximate surface area is 123 Å². The summed E-state index contributed by atoms with van der Waals surface area (Å²) >= 11 is 3.48. The fourth-order valence-electron chi connectivity index (χ4n) is 2.62. The maximum Gasteiger partial charge on any atom is 0.254 e. The first-order valence-corrected chi connectivity index (χ1v) is 7.89. The van der Waals surface area contributed by atoms with E-state index in [9.17, 15) is 4.79 Å². The Morgan fingerprint density at radius 2 is 2.32 bits per heavy atom. The van der Waals surface area contributed by atoms with E-state index >= 15 is 0 Å². The molecular formula is C15H20BrNO2. The molecule has 104 valence electrons. The summed E-state index contributed by atoms with van der Waals surface area (Å²) < 4.78 is 5.19. The summed E-state index contributed by atoms with van der Waals surface area (Å²) in [6.45, 7) is 0.869. The lowest BCUT2D eigenvalue weighted by atomic mass is 9.99. The number of halogens is 1. The van der Waals surface area contributed by atoms with Crippen LogP contribution in [0.5, 0.6) is 5.75 Å². The number of amides is 1. The molecule has 3 nitrogen and oxygen atoms in total. The molecule has 0 aromatic heterocycles. The molecule has 1 fully saturated rings. The summed E-state index contributed by atoms with van der Waals surface area (Å²) in [5, 5.41) is 0.944. The molecule has 1 saturated heterocycles. The fraction of sp³-hybridized carbons (Fsp3) is 0.533. The topological polar surface area (TPSA) is 29.5 Å². The van der Waals surface area contributed by atoms with Crippen molar-refractivity contribution in [2.24, 2.45) is 0 Å². The molecule has 1 amide bonds. The fourth-order valence-corrected chi connectivity index (χ4v) is 3.14. The van der Waals surface area contributed by atoms with Crippen molar-refractivity contribution in [1.82, 2.24) is 4.90 Å². The second-order valence-electron chi connectivity index (χ2n) is 4.86. The molecule has 1 unspecified atom stereocenters. The maximum atomic E-state index is 12.6. The molecule has 1 aliphatic heterocycles. The molecule has 1 aromatic carbocycles. The molecule has 2 rings (SSSR count). The molecule has 4 heteroatoms. The van der Waals surface area contributed by atoms with Crippen LogP contribution in [0.25, 0.3) is 0 Å². The second-order valence-corrected chi connectivity index (χ2v) is 5.65. The second kappa shape index (κ2) is 6.94. The normalized spacial score (nSPS) is 19.3. The van der Waals surface area contributed by atoms with Gasteiger partial charge in [0.1, 0.15) is 5.75 Å². The van der Waals surface area contributed by atoms with Gasteiger partial charge in [-0.15, -0.1) is 0 Å². The molecule has 0 N–H and O–H groups in total. The lowest BCUT2D eigenvalue weighted by molar-refractivity contribution is 0.0609. The summed E-state index contributed by atoms with van der Waals surface area (Å²) in [5.74, 6) is 0.865. The Morgan fingerprint density at radius 3 is 3.05 bits per heavy atom. The number of nitrogens with zero attached hydrogens (tertiary/aromatic N) is 1. The monoisotopic (exact) mass is 325 g/mol. The van der Waals surface area contributed by atoms with E-state index in [4.69, 9.17) is 4.74 Å². The molecule has 0 aliphatic carbocycles. The van der Waals surface area contributed by atoms with Crippen LogP contribution >= 0.6 is 15.9 Å². The highest BCUT2D eigenvalue weighted by Gasteiger charge is 2.26. The number of alkyl halides is 1. The average molecular weight is 326 g/mol. The van der Waals surface area contributed by atoms with Crippen LogP contribution in [-0.4, -0.2) is 35.8 Å². The van der Waals surface area contributed by atoms with Crippen molar-refractivity contribution >= 4 is 21.8 Å². The van der Waals surface area contributed by atoms with E-state index in [2.05, 4.69) is 15.9 Å². The molecule has 0 spiro atoms. The highest BCUT2D eigenvalue weighted by Crippen LogP contribution is 2.23. The number of benzene rings is 1. The Hall–Kier alpha value is -1.03. The van der Waals surface area contributed by atoms with Gasteiger partial charge in [-0.1, -0.05) is 22.0 Å². The Bertz CT molecular complexity index is 434. The molecular weight excluding hydrogens is 306 g/mol. The number of hydrogen-bond acceptors (Lipinski definition) is 2.